The molecule has 22 heavy (non-hydrogen) atoms. The van der Waals surface area contributed by atoms with Gasteiger partial charge in [0.25, 0.3) is 5.56 Å². The molecule has 0 spiro atoms. The summed E-state index contributed by atoms with van der Waals surface area (Å²) in [5, 5.41) is 0. The van der Waals surface area contributed by atoms with Crippen LogP contribution in [0.15, 0.2) is 16.9 Å². The SMILES string of the molecule is CCCS(=O)(=O)N1CCC(Oc2cc(C)n(C)c(=O)c2)CC1. The number of nitrogens with zero attached hydrogens (tertiary/aromatic N) is 2. The number of rotatable bonds is 5. The number of piperidine rings is 1. The Labute approximate surface area is 131 Å². The van der Waals surface area contributed by atoms with E-state index in [1.54, 1.807) is 15.9 Å². The molecule has 0 bridgehead atoms. The average Bonchev–Trinajstić information content (AvgIpc) is 2.45. The standard InChI is InChI=1S/C15H24N2O4S/c1-4-9-22(19,20)17-7-5-13(6-8-17)21-14-10-12(2)16(3)15(18)11-14/h10-11,13H,4-9H2,1-3H3. The fourth-order valence-corrected chi connectivity index (χ4v) is 4.15. The van der Waals surface area contributed by atoms with Crippen LogP contribution in [0, 0.1) is 6.92 Å². The molecule has 7 heteroatoms. The summed E-state index contributed by atoms with van der Waals surface area (Å²) in [6, 6.07) is 3.31. The third kappa shape index (κ3) is 3.89. The lowest BCUT2D eigenvalue weighted by molar-refractivity contribution is 0.134. The Hall–Kier alpha value is -1.34. The van der Waals surface area contributed by atoms with E-state index in [1.807, 2.05) is 19.9 Å². The first-order chi connectivity index (χ1) is 10.3. The van der Waals surface area contributed by atoms with Gasteiger partial charge in [-0.3, -0.25) is 4.79 Å². The molecule has 1 aromatic heterocycles. The number of pyridine rings is 1. The molecule has 0 radical (unpaired) electrons. The summed E-state index contributed by atoms with van der Waals surface area (Å²) in [5.41, 5.74) is 0.739. The number of aromatic nitrogens is 1. The maximum absolute atomic E-state index is 12.0. The maximum atomic E-state index is 12.0. The molecular formula is C15H24N2O4S. The van der Waals surface area contributed by atoms with E-state index in [9.17, 15) is 13.2 Å². The number of ether oxygens (including phenoxy) is 1. The van der Waals surface area contributed by atoms with Gasteiger partial charge in [-0.15, -0.1) is 0 Å². The Bertz CT molecular complexity index is 673. The van der Waals surface area contributed by atoms with Gasteiger partial charge in [-0.1, -0.05) is 6.92 Å². The molecule has 2 heterocycles. The van der Waals surface area contributed by atoms with Gasteiger partial charge in [0.15, 0.2) is 0 Å². The van der Waals surface area contributed by atoms with Crippen molar-refractivity contribution in [3.8, 4) is 5.75 Å². The van der Waals surface area contributed by atoms with Crippen molar-refractivity contribution in [3.63, 3.8) is 0 Å². The summed E-state index contributed by atoms with van der Waals surface area (Å²) in [5.74, 6) is 0.766. The van der Waals surface area contributed by atoms with Crippen molar-refractivity contribution in [3.05, 3.63) is 28.2 Å². The van der Waals surface area contributed by atoms with Gasteiger partial charge in [0.05, 0.1) is 5.75 Å². The highest BCUT2D eigenvalue weighted by atomic mass is 32.2. The lowest BCUT2D eigenvalue weighted by Crippen LogP contribution is -2.42. The first-order valence-corrected chi connectivity index (χ1v) is 9.26. The molecule has 0 atom stereocenters. The normalized spacial score (nSPS) is 17.6. The highest BCUT2D eigenvalue weighted by molar-refractivity contribution is 7.89. The van der Waals surface area contributed by atoms with E-state index in [2.05, 4.69) is 0 Å². The molecule has 0 saturated carbocycles. The second kappa shape index (κ2) is 6.83. The maximum Gasteiger partial charge on any atom is 0.254 e. The van der Waals surface area contributed by atoms with Gasteiger partial charge in [-0.25, -0.2) is 12.7 Å². The van der Waals surface area contributed by atoms with Crippen LogP contribution in [0.1, 0.15) is 31.9 Å². The summed E-state index contributed by atoms with van der Waals surface area (Å²) >= 11 is 0. The fourth-order valence-electron chi connectivity index (χ4n) is 2.61. The van der Waals surface area contributed by atoms with E-state index in [-0.39, 0.29) is 17.4 Å². The first-order valence-electron chi connectivity index (χ1n) is 7.65. The predicted molar refractivity (Wildman–Crippen MR) is 85.7 cm³/mol. The van der Waals surface area contributed by atoms with E-state index < -0.39 is 10.0 Å². The van der Waals surface area contributed by atoms with E-state index >= 15 is 0 Å². The number of aryl methyl sites for hydroxylation is 1. The van der Waals surface area contributed by atoms with E-state index in [0.717, 1.165) is 5.69 Å². The monoisotopic (exact) mass is 328 g/mol. The van der Waals surface area contributed by atoms with E-state index in [4.69, 9.17) is 4.74 Å². The summed E-state index contributed by atoms with van der Waals surface area (Å²) < 4.78 is 33.0. The third-order valence-corrected chi connectivity index (χ3v) is 6.11. The van der Waals surface area contributed by atoms with Gasteiger partial charge < -0.3 is 9.30 Å². The molecule has 1 fully saturated rings. The quantitative estimate of drug-likeness (QED) is 0.816. The van der Waals surface area contributed by atoms with Crippen LogP contribution in [-0.2, 0) is 17.1 Å². The summed E-state index contributed by atoms with van der Waals surface area (Å²) in [4.78, 5) is 11.8. The minimum atomic E-state index is -3.12. The van der Waals surface area contributed by atoms with Crippen molar-refractivity contribution in [2.24, 2.45) is 7.05 Å². The highest BCUT2D eigenvalue weighted by Gasteiger charge is 2.28. The Balaban J connectivity index is 1.97. The number of hydrogen-bond acceptors (Lipinski definition) is 4. The second-order valence-electron chi connectivity index (χ2n) is 5.76. The Morgan fingerprint density at radius 2 is 1.91 bits per heavy atom. The molecule has 6 nitrogen and oxygen atoms in total. The van der Waals surface area contributed by atoms with Crippen molar-refractivity contribution in [1.82, 2.24) is 8.87 Å². The van der Waals surface area contributed by atoms with Crippen LogP contribution in [0.2, 0.25) is 0 Å². The first kappa shape index (κ1) is 17.0. The second-order valence-corrected chi connectivity index (χ2v) is 7.85. The van der Waals surface area contributed by atoms with Gasteiger partial charge >= 0.3 is 0 Å². The zero-order chi connectivity index (χ0) is 16.3. The average molecular weight is 328 g/mol. The van der Waals surface area contributed by atoms with Gasteiger partial charge in [0.2, 0.25) is 10.0 Å². The topological polar surface area (TPSA) is 68.6 Å². The molecule has 0 aromatic carbocycles. The molecule has 1 aromatic rings. The lowest BCUT2D eigenvalue weighted by Gasteiger charge is -2.31. The van der Waals surface area contributed by atoms with Crippen molar-refractivity contribution in [2.45, 2.75) is 39.2 Å². The minimum Gasteiger partial charge on any atom is -0.490 e. The summed E-state index contributed by atoms with van der Waals surface area (Å²) in [6.07, 6.45) is 1.89. The smallest absolute Gasteiger partial charge is 0.254 e. The minimum absolute atomic E-state index is 0.0421. The van der Waals surface area contributed by atoms with Crippen molar-refractivity contribution >= 4 is 10.0 Å². The largest absolute Gasteiger partial charge is 0.490 e. The summed E-state index contributed by atoms with van der Waals surface area (Å²) in [6.45, 7) is 4.69. The van der Waals surface area contributed by atoms with Crippen LogP contribution < -0.4 is 10.3 Å². The molecule has 2 rings (SSSR count). The van der Waals surface area contributed by atoms with Crippen LogP contribution in [0.3, 0.4) is 0 Å². The summed E-state index contributed by atoms with van der Waals surface area (Å²) in [7, 11) is -1.40. The number of hydrogen-bond donors (Lipinski definition) is 0. The molecule has 1 aliphatic rings. The Kier molecular flexibility index (Phi) is 5.28. The Morgan fingerprint density at radius 3 is 2.45 bits per heavy atom. The van der Waals surface area contributed by atoms with Crippen LogP contribution in [-0.4, -0.2) is 42.2 Å². The van der Waals surface area contributed by atoms with Crippen LogP contribution in [0.5, 0.6) is 5.75 Å². The predicted octanol–water partition coefficient (Wildman–Crippen LogP) is 1.28. The third-order valence-electron chi connectivity index (χ3n) is 4.04. The molecule has 0 N–H and O–H groups in total. The van der Waals surface area contributed by atoms with Crippen molar-refractivity contribution < 1.29 is 13.2 Å². The van der Waals surface area contributed by atoms with Crippen molar-refractivity contribution in [2.75, 3.05) is 18.8 Å². The van der Waals surface area contributed by atoms with Crippen molar-refractivity contribution in [1.29, 1.82) is 0 Å². The Morgan fingerprint density at radius 1 is 1.27 bits per heavy atom. The molecule has 0 unspecified atom stereocenters. The van der Waals surface area contributed by atoms with E-state index in [1.165, 1.54) is 6.07 Å². The van der Waals surface area contributed by atoms with Gasteiger partial charge in [0.1, 0.15) is 11.9 Å². The van der Waals surface area contributed by atoms with Crippen LogP contribution in [0.25, 0.3) is 0 Å². The molecule has 1 saturated heterocycles. The fraction of sp³-hybridized carbons (Fsp3) is 0.667. The highest BCUT2D eigenvalue weighted by Crippen LogP contribution is 2.20. The van der Waals surface area contributed by atoms with Gasteiger partial charge in [0, 0.05) is 31.9 Å². The van der Waals surface area contributed by atoms with Crippen LogP contribution in [0.4, 0.5) is 0 Å². The molecule has 1 aliphatic heterocycles. The van der Waals surface area contributed by atoms with E-state index in [0.29, 0.717) is 38.1 Å². The molecule has 0 aliphatic carbocycles. The molecule has 0 amide bonds. The number of sulfonamides is 1. The molecular weight excluding hydrogens is 304 g/mol. The van der Waals surface area contributed by atoms with Gasteiger partial charge in [-0.2, -0.15) is 0 Å². The molecule has 124 valence electrons. The zero-order valence-electron chi connectivity index (χ0n) is 13.4. The van der Waals surface area contributed by atoms with Crippen LogP contribution >= 0.6 is 0 Å². The lowest BCUT2D eigenvalue weighted by atomic mass is 10.1. The zero-order valence-corrected chi connectivity index (χ0v) is 14.2. The van der Waals surface area contributed by atoms with Gasteiger partial charge in [-0.05, 0) is 32.3 Å².